The normalized spacial score (nSPS) is 10.6. The molecule has 0 aliphatic heterocycles. The Hall–Kier alpha value is -2.20. The minimum Gasteiger partial charge on any atom is -0.460 e. The predicted molar refractivity (Wildman–Crippen MR) is 74.4 cm³/mol. The number of carbonyl (C=O) groups excluding carboxylic acids is 1. The van der Waals surface area contributed by atoms with Crippen LogP contribution in [-0.2, 0) is 0 Å². The fraction of sp³-hybridized carbons (Fsp3) is 0.0667. The number of thiazole rings is 1. The Bertz CT molecular complexity index is 713. The number of rotatable bonds is 3. The van der Waals surface area contributed by atoms with Crippen molar-refractivity contribution in [2.75, 3.05) is 0 Å². The molecule has 0 spiro atoms. The third-order valence-electron chi connectivity index (χ3n) is 2.73. The number of carbonyl (C=O) groups is 1. The second kappa shape index (κ2) is 4.82. The lowest BCUT2D eigenvalue weighted by Crippen LogP contribution is -1.99. The summed E-state index contributed by atoms with van der Waals surface area (Å²) in [6.45, 7) is 1.88. The number of furan rings is 1. The number of benzene rings is 1. The van der Waals surface area contributed by atoms with Gasteiger partial charge in [0, 0.05) is 10.9 Å². The van der Waals surface area contributed by atoms with E-state index in [0.717, 1.165) is 5.76 Å². The average molecular weight is 269 g/mol. The third kappa shape index (κ3) is 2.35. The van der Waals surface area contributed by atoms with E-state index in [-0.39, 0.29) is 5.78 Å². The zero-order valence-corrected chi connectivity index (χ0v) is 11.1. The van der Waals surface area contributed by atoms with Gasteiger partial charge >= 0.3 is 0 Å². The molecule has 0 saturated heterocycles. The molecular weight excluding hydrogens is 258 g/mol. The maximum Gasteiger partial charge on any atom is 0.221 e. The van der Waals surface area contributed by atoms with Crippen LogP contribution in [0.2, 0.25) is 0 Å². The van der Waals surface area contributed by atoms with Gasteiger partial charge in [-0.3, -0.25) is 4.79 Å². The highest BCUT2D eigenvalue weighted by atomic mass is 32.1. The first-order valence-corrected chi connectivity index (χ1v) is 6.74. The van der Waals surface area contributed by atoms with Gasteiger partial charge in [-0.1, -0.05) is 30.3 Å². The van der Waals surface area contributed by atoms with Crippen molar-refractivity contribution in [2.24, 2.45) is 0 Å². The number of hydrogen-bond donors (Lipinski definition) is 0. The quantitative estimate of drug-likeness (QED) is 0.676. The van der Waals surface area contributed by atoms with Crippen molar-refractivity contribution >= 4 is 17.1 Å². The van der Waals surface area contributed by atoms with E-state index in [2.05, 4.69) is 4.98 Å². The van der Waals surface area contributed by atoms with Gasteiger partial charge in [0.2, 0.25) is 5.78 Å². The molecule has 0 saturated carbocycles. The Morgan fingerprint density at radius 1 is 1.16 bits per heavy atom. The lowest BCUT2D eigenvalue weighted by Gasteiger charge is -1.95. The summed E-state index contributed by atoms with van der Waals surface area (Å²) >= 11 is 1.34. The zero-order valence-electron chi connectivity index (χ0n) is 10.3. The predicted octanol–water partition coefficient (Wildman–Crippen LogP) is 3.94. The van der Waals surface area contributed by atoms with Gasteiger partial charge in [0.05, 0.1) is 0 Å². The van der Waals surface area contributed by atoms with Crippen molar-refractivity contribution in [1.29, 1.82) is 0 Å². The molecule has 0 bridgehead atoms. The van der Waals surface area contributed by atoms with Gasteiger partial charge < -0.3 is 4.42 Å². The molecule has 0 radical (unpaired) electrons. The monoisotopic (exact) mass is 269 g/mol. The summed E-state index contributed by atoms with van der Waals surface area (Å²) in [7, 11) is 0. The van der Waals surface area contributed by atoms with Crippen molar-refractivity contribution in [1.82, 2.24) is 4.98 Å². The molecule has 3 aromatic rings. The summed E-state index contributed by atoms with van der Waals surface area (Å²) in [5.41, 5.74) is 1.36. The van der Waals surface area contributed by atoms with E-state index in [1.807, 2.05) is 42.6 Å². The van der Waals surface area contributed by atoms with E-state index in [1.54, 1.807) is 12.1 Å². The van der Waals surface area contributed by atoms with E-state index in [0.29, 0.717) is 22.0 Å². The molecule has 0 aliphatic carbocycles. The van der Waals surface area contributed by atoms with Crippen LogP contribution in [-0.4, -0.2) is 10.8 Å². The second-order valence-electron chi connectivity index (χ2n) is 4.14. The van der Waals surface area contributed by atoms with Crippen molar-refractivity contribution in [3.8, 4) is 11.5 Å². The van der Waals surface area contributed by atoms with E-state index in [9.17, 15) is 4.79 Å². The number of aryl methyl sites for hydroxylation is 1. The first kappa shape index (κ1) is 11.9. The van der Waals surface area contributed by atoms with Crippen LogP contribution < -0.4 is 0 Å². The van der Waals surface area contributed by atoms with E-state index >= 15 is 0 Å². The van der Waals surface area contributed by atoms with E-state index in [4.69, 9.17) is 4.42 Å². The highest BCUT2D eigenvalue weighted by Gasteiger charge is 2.15. The average Bonchev–Trinajstić information content (AvgIpc) is 3.07. The Kier molecular flexibility index (Phi) is 3.01. The van der Waals surface area contributed by atoms with Gasteiger partial charge in [-0.2, -0.15) is 0 Å². The van der Waals surface area contributed by atoms with Crippen LogP contribution in [0.15, 0.2) is 52.3 Å². The van der Waals surface area contributed by atoms with Crippen LogP contribution in [0.3, 0.4) is 0 Å². The summed E-state index contributed by atoms with van der Waals surface area (Å²) in [4.78, 5) is 16.6. The summed E-state index contributed by atoms with van der Waals surface area (Å²) in [5.74, 6) is 1.47. The minimum atomic E-state index is -0.0554. The molecule has 4 heteroatoms. The molecule has 2 heterocycles. The highest BCUT2D eigenvalue weighted by molar-refractivity contribution is 7.12. The van der Waals surface area contributed by atoms with Gasteiger partial charge in [-0.05, 0) is 19.1 Å². The van der Waals surface area contributed by atoms with Crippen LogP contribution in [0.1, 0.15) is 21.1 Å². The fourth-order valence-electron chi connectivity index (χ4n) is 1.78. The van der Waals surface area contributed by atoms with Crippen LogP contribution in [0, 0.1) is 6.92 Å². The first-order valence-electron chi connectivity index (χ1n) is 5.86. The summed E-state index contributed by atoms with van der Waals surface area (Å²) < 4.78 is 5.50. The lowest BCUT2D eigenvalue weighted by molar-refractivity contribution is 0.103. The van der Waals surface area contributed by atoms with Crippen molar-refractivity contribution in [2.45, 2.75) is 6.92 Å². The number of aromatic nitrogens is 1. The van der Waals surface area contributed by atoms with Gasteiger partial charge in [0.25, 0.3) is 0 Å². The zero-order chi connectivity index (χ0) is 13.2. The maximum atomic E-state index is 12.2. The van der Waals surface area contributed by atoms with E-state index < -0.39 is 0 Å². The smallest absolute Gasteiger partial charge is 0.221 e. The molecule has 0 unspecified atom stereocenters. The van der Waals surface area contributed by atoms with Crippen LogP contribution >= 0.6 is 11.3 Å². The maximum absolute atomic E-state index is 12.2. The molecule has 0 aliphatic rings. The molecular formula is C15H11NO2S. The largest absolute Gasteiger partial charge is 0.460 e. The molecule has 0 N–H and O–H groups in total. The molecule has 3 nitrogen and oxygen atoms in total. The van der Waals surface area contributed by atoms with Gasteiger partial charge in [0.1, 0.15) is 11.5 Å². The Morgan fingerprint density at radius 3 is 2.63 bits per heavy atom. The topological polar surface area (TPSA) is 43.1 Å². The third-order valence-corrected chi connectivity index (χ3v) is 3.57. The molecule has 0 atom stereocenters. The molecule has 3 rings (SSSR count). The number of ketones is 1. The lowest BCUT2D eigenvalue weighted by atomic mass is 10.1. The van der Waals surface area contributed by atoms with E-state index in [1.165, 1.54) is 11.3 Å². The molecule has 94 valence electrons. The van der Waals surface area contributed by atoms with Crippen molar-refractivity contribution in [3.63, 3.8) is 0 Å². The number of hydrogen-bond acceptors (Lipinski definition) is 4. The van der Waals surface area contributed by atoms with Crippen LogP contribution in [0.4, 0.5) is 0 Å². The fourth-order valence-corrected chi connectivity index (χ4v) is 2.54. The molecule has 1 aromatic carbocycles. The summed E-state index contributed by atoms with van der Waals surface area (Å²) in [5, 5.41) is 2.32. The SMILES string of the molecule is Cc1ccc(-c2csc(C(=O)c3ccccc3)n2)o1. The first-order chi connectivity index (χ1) is 9.24. The Labute approximate surface area is 114 Å². The molecule has 2 aromatic heterocycles. The van der Waals surface area contributed by atoms with Gasteiger partial charge in [-0.25, -0.2) is 4.98 Å². The van der Waals surface area contributed by atoms with Crippen LogP contribution in [0.25, 0.3) is 11.5 Å². The van der Waals surface area contributed by atoms with Crippen LogP contribution in [0.5, 0.6) is 0 Å². The minimum absolute atomic E-state index is 0.0554. The summed E-state index contributed by atoms with van der Waals surface area (Å²) in [6.07, 6.45) is 0. The molecule has 19 heavy (non-hydrogen) atoms. The Morgan fingerprint density at radius 2 is 1.95 bits per heavy atom. The second-order valence-corrected chi connectivity index (χ2v) is 5.00. The molecule has 0 fully saturated rings. The molecule has 0 amide bonds. The standard InChI is InChI=1S/C15H11NO2S/c1-10-7-8-13(18-10)12-9-19-15(16-12)14(17)11-5-3-2-4-6-11/h2-9H,1H3. The van der Waals surface area contributed by atoms with Crippen molar-refractivity contribution in [3.05, 3.63) is 64.2 Å². The van der Waals surface area contributed by atoms with Gasteiger partial charge in [-0.15, -0.1) is 11.3 Å². The number of nitrogens with zero attached hydrogens (tertiary/aromatic N) is 1. The highest BCUT2D eigenvalue weighted by Crippen LogP contribution is 2.25. The van der Waals surface area contributed by atoms with Gasteiger partial charge in [0.15, 0.2) is 10.8 Å². The Balaban J connectivity index is 1.92. The van der Waals surface area contributed by atoms with Crippen molar-refractivity contribution < 1.29 is 9.21 Å². The summed E-state index contributed by atoms with van der Waals surface area (Å²) in [6, 6.07) is 12.9.